The predicted octanol–water partition coefficient (Wildman–Crippen LogP) is 2.35. The van der Waals surface area contributed by atoms with Gasteiger partial charge in [-0.1, -0.05) is 24.3 Å². The summed E-state index contributed by atoms with van der Waals surface area (Å²) in [7, 11) is 0. The SMILES string of the molecule is CC1=C(C(=O)OC[C@H]2CCCO2)[C@@H](c2ccccc2C)NC(=O)N1. The first kappa shape index (κ1) is 16.5. The topological polar surface area (TPSA) is 76.7 Å². The van der Waals surface area contributed by atoms with Crippen molar-refractivity contribution >= 4 is 12.0 Å². The molecule has 0 radical (unpaired) electrons. The van der Waals surface area contributed by atoms with Gasteiger partial charge in [-0.05, 0) is 37.8 Å². The molecule has 6 nitrogen and oxygen atoms in total. The lowest BCUT2D eigenvalue weighted by Crippen LogP contribution is -2.45. The molecule has 2 atom stereocenters. The highest BCUT2D eigenvalue weighted by molar-refractivity contribution is 5.95. The highest BCUT2D eigenvalue weighted by Crippen LogP contribution is 2.29. The van der Waals surface area contributed by atoms with Gasteiger partial charge in [-0.2, -0.15) is 0 Å². The van der Waals surface area contributed by atoms with Gasteiger partial charge < -0.3 is 20.1 Å². The van der Waals surface area contributed by atoms with E-state index in [0.29, 0.717) is 17.9 Å². The summed E-state index contributed by atoms with van der Waals surface area (Å²) in [5.41, 5.74) is 2.84. The van der Waals surface area contributed by atoms with Crippen LogP contribution in [0.3, 0.4) is 0 Å². The van der Waals surface area contributed by atoms with E-state index in [9.17, 15) is 9.59 Å². The van der Waals surface area contributed by atoms with Crippen molar-refractivity contribution in [2.24, 2.45) is 0 Å². The van der Waals surface area contributed by atoms with Gasteiger partial charge in [0.1, 0.15) is 6.61 Å². The molecule has 1 aromatic carbocycles. The van der Waals surface area contributed by atoms with Crippen molar-refractivity contribution in [3.8, 4) is 0 Å². The number of nitrogens with one attached hydrogen (secondary N) is 2. The van der Waals surface area contributed by atoms with E-state index < -0.39 is 12.0 Å². The van der Waals surface area contributed by atoms with Crippen LogP contribution in [0, 0.1) is 6.92 Å². The zero-order chi connectivity index (χ0) is 17.1. The maximum Gasteiger partial charge on any atom is 0.338 e. The molecule has 3 rings (SSSR count). The summed E-state index contributed by atoms with van der Waals surface area (Å²) >= 11 is 0. The quantitative estimate of drug-likeness (QED) is 0.831. The number of aryl methyl sites for hydroxylation is 1. The maximum absolute atomic E-state index is 12.6. The molecular formula is C18H22N2O4. The molecule has 0 unspecified atom stereocenters. The van der Waals surface area contributed by atoms with Crippen LogP contribution in [0.15, 0.2) is 35.5 Å². The largest absolute Gasteiger partial charge is 0.459 e. The minimum Gasteiger partial charge on any atom is -0.459 e. The monoisotopic (exact) mass is 330 g/mol. The van der Waals surface area contributed by atoms with E-state index >= 15 is 0 Å². The number of hydrogen-bond donors (Lipinski definition) is 2. The van der Waals surface area contributed by atoms with Crippen molar-refractivity contribution in [1.29, 1.82) is 0 Å². The molecule has 2 amide bonds. The molecule has 0 spiro atoms. The summed E-state index contributed by atoms with van der Waals surface area (Å²) in [6, 6.07) is 6.84. The molecule has 1 saturated heterocycles. The number of ether oxygens (including phenoxy) is 2. The molecular weight excluding hydrogens is 308 g/mol. The first-order valence-corrected chi connectivity index (χ1v) is 8.19. The minimum atomic E-state index is -0.517. The van der Waals surface area contributed by atoms with Gasteiger partial charge in [0.15, 0.2) is 0 Å². The van der Waals surface area contributed by atoms with Gasteiger partial charge in [0.25, 0.3) is 0 Å². The van der Waals surface area contributed by atoms with Crippen LogP contribution in [0.2, 0.25) is 0 Å². The van der Waals surface area contributed by atoms with Crippen LogP contribution < -0.4 is 10.6 Å². The number of esters is 1. The Hall–Kier alpha value is -2.34. The number of hydrogen-bond acceptors (Lipinski definition) is 4. The lowest BCUT2D eigenvalue weighted by molar-refractivity contribution is -0.142. The first-order chi connectivity index (χ1) is 11.6. The minimum absolute atomic E-state index is 0.0297. The molecule has 6 heteroatoms. The number of rotatable bonds is 4. The van der Waals surface area contributed by atoms with Gasteiger partial charge in [-0.15, -0.1) is 0 Å². The fourth-order valence-corrected chi connectivity index (χ4v) is 3.13. The van der Waals surface area contributed by atoms with E-state index in [1.807, 2.05) is 31.2 Å². The number of carbonyl (C=O) groups is 2. The zero-order valence-electron chi connectivity index (χ0n) is 13.9. The molecule has 0 aliphatic carbocycles. The number of allylic oxidation sites excluding steroid dienone is 1. The third kappa shape index (κ3) is 3.43. The average Bonchev–Trinajstić information content (AvgIpc) is 3.06. The standard InChI is InChI=1S/C18H22N2O4/c1-11-6-3-4-8-14(11)16-15(12(2)19-18(22)20-16)17(21)24-10-13-7-5-9-23-13/h3-4,6,8,13,16H,5,7,9-10H2,1-2H3,(H2,19,20,22)/t13-,16-/m1/s1. The average molecular weight is 330 g/mol. The fourth-order valence-electron chi connectivity index (χ4n) is 3.13. The lowest BCUT2D eigenvalue weighted by Gasteiger charge is -2.29. The Balaban J connectivity index is 1.83. The second kappa shape index (κ2) is 7.05. The third-order valence-corrected chi connectivity index (χ3v) is 4.41. The van der Waals surface area contributed by atoms with Crippen molar-refractivity contribution in [2.75, 3.05) is 13.2 Å². The molecule has 1 aromatic rings. The Labute approximate surface area is 141 Å². The number of benzene rings is 1. The second-order valence-corrected chi connectivity index (χ2v) is 6.16. The molecule has 1 fully saturated rings. The van der Waals surface area contributed by atoms with E-state index in [1.165, 1.54) is 0 Å². The fraction of sp³-hybridized carbons (Fsp3) is 0.444. The van der Waals surface area contributed by atoms with Crippen molar-refractivity contribution in [1.82, 2.24) is 10.6 Å². The Kier molecular flexibility index (Phi) is 4.85. The summed E-state index contributed by atoms with van der Waals surface area (Å²) < 4.78 is 10.9. The van der Waals surface area contributed by atoms with Crippen molar-refractivity contribution < 1.29 is 19.1 Å². The summed E-state index contributed by atoms with van der Waals surface area (Å²) in [6.07, 6.45) is 1.87. The van der Waals surface area contributed by atoms with Gasteiger partial charge in [0.05, 0.1) is 17.7 Å². The smallest absolute Gasteiger partial charge is 0.338 e. The molecule has 2 N–H and O–H groups in total. The molecule has 2 aliphatic heterocycles. The molecule has 2 aliphatic rings. The van der Waals surface area contributed by atoms with Crippen LogP contribution in [-0.2, 0) is 14.3 Å². The number of carbonyl (C=O) groups excluding carboxylic acids is 2. The normalized spacial score (nSPS) is 23.7. The van der Waals surface area contributed by atoms with Crippen molar-refractivity contribution in [3.63, 3.8) is 0 Å². The van der Waals surface area contributed by atoms with E-state index in [0.717, 1.165) is 24.0 Å². The summed E-state index contributed by atoms with van der Waals surface area (Å²) in [5.74, 6) is -0.427. The molecule has 2 heterocycles. The van der Waals surface area contributed by atoms with Crippen molar-refractivity contribution in [2.45, 2.75) is 38.8 Å². The first-order valence-electron chi connectivity index (χ1n) is 8.19. The Morgan fingerprint density at radius 3 is 2.83 bits per heavy atom. The van der Waals surface area contributed by atoms with Crippen LogP contribution in [0.25, 0.3) is 0 Å². The molecule has 0 aromatic heterocycles. The Morgan fingerprint density at radius 2 is 2.12 bits per heavy atom. The molecule has 0 saturated carbocycles. The second-order valence-electron chi connectivity index (χ2n) is 6.16. The maximum atomic E-state index is 12.6. The van der Waals surface area contributed by atoms with Crippen LogP contribution in [-0.4, -0.2) is 31.3 Å². The third-order valence-electron chi connectivity index (χ3n) is 4.41. The number of urea groups is 1. The summed E-state index contributed by atoms with van der Waals surface area (Å²) in [6.45, 7) is 4.62. The summed E-state index contributed by atoms with van der Waals surface area (Å²) in [5, 5.41) is 5.48. The summed E-state index contributed by atoms with van der Waals surface area (Å²) in [4.78, 5) is 24.5. The van der Waals surface area contributed by atoms with E-state index in [-0.39, 0.29) is 18.7 Å². The van der Waals surface area contributed by atoms with Crippen LogP contribution >= 0.6 is 0 Å². The van der Waals surface area contributed by atoms with Crippen LogP contribution in [0.5, 0.6) is 0 Å². The Morgan fingerprint density at radius 1 is 1.33 bits per heavy atom. The van der Waals surface area contributed by atoms with Crippen LogP contribution in [0.4, 0.5) is 4.79 Å². The van der Waals surface area contributed by atoms with Crippen molar-refractivity contribution in [3.05, 3.63) is 46.7 Å². The highest BCUT2D eigenvalue weighted by atomic mass is 16.6. The molecule has 24 heavy (non-hydrogen) atoms. The predicted molar refractivity (Wildman–Crippen MR) is 88.2 cm³/mol. The zero-order valence-corrected chi connectivity index (χ0v) is 13.9. The molecule has 128 valence electrons. The van der Waals surface area contributed by atoms with Gasteiger partial charge in [0.2, 0.25) is 0 Å². The van der Waals surface area contributed by atoms with E-state index in [2.05, 4.69) is 10.6 Å². The molecule has 0 bridgehead atoms. The van der Waals surface area contributed by atoms with E-state index in [4.69, 9.17) is 9.47 Å². The highest BCUT2D eigenvalue weighted by Gasteiger charge is 2.33. The van der Waals surface area contributed by atoms with Crippen LogP contribution in [0.1, 0.15) is 36.9 Å². The van der Waals surface area contributed by atoms with Gasteiger partial charge in [0, 0.05) is 12.3 Å². The Bertz CT molecular complexity index is 677. The van der Waals surface area contributed by atoms with Gasteiger partial charge in [-0.25, -0.2) is 9.59 Å². The number of amides is 2. The lowest BCUT2D eigenvalue weighted by atomic mass is 9.92. The van der Waals surface area contributed by atoms with Gasteiger partial charge >= 0.3 is 12.0 Å². The van der Waals surface area contributed by atoms with Gasteiger partial charge in [-0.3, -0.25) is 0 Å². The van der Waals surface area contributed by atoms with E-state index in [1.54, 1.807) is 6.92 Å².